The van der Waals surface area contributed by atoms with Crippen molar-refractivity contribution in [2.45, 2.75) is 45.3 Å². The van der Waals surface area contributed by atoms with Crippen LogP contribution in [0.4, 0.5) is 19.0 Å². The van der Waals surface area contributed by atoms with E-state index in [2.05, 4.69) is 25.5 Å². The standard InChI is InChI=1S/C19H19F3N6OS/c1-9-10(2)26-27-17-13(9)14-15(30-17)16(24-8-23-14)25-11-3-18(4-11)6-28(7-18)12(29)5-19(20,21)22/h8,11H,3-7H2,1-2H3,(H,23,24,25). The second-order valence-electron chi connectivity index (χ2n) is 8.38. The van der Waals surface area contributed by atoms with Crippen LogP contribution in [0.25, 0.3) is 20.4 Å². The zero-order valence-electron chi connectivity index (χ0n) is 16.4. The Bertz CT molecular complexity index is 1160. The number of aromatic nitrogens is 4. The number of alkyl halides is 3. The summed E-state index contributed by atoms with van der Waals surface area (Å²) in [4.78, 5) is 22.7. The van der Waals surface area contributed by atoms with Gasteiger partial charge in [0.05, 0.1) is 15.9 Å². The van der Waals surface area contributed by atoms with Gasteiger partial charge in [-0.1, -0.05) is 0 Å². The van der Waals surface area contributed by atoms with E-state index in [4.69, 9.17) is 0 Å². The zero-order valence-corrected chi connectivity index (χ0v) is 17.2. The second kappa shape index (κ2) is 6.47. The van der Waals surface area contributed by atoms with Crippen molar-refractivity contribution in [3.8, 4) is 0 Å². The lowest BCUT2D eigenvalue weighted by Crippen LogP contribution is -2.66. The maximum Gasteiger partial charge on any atom is 0.397 e. The third kappa shape index (κ3) is 3.15. The maximum absolute atomic E-state index is 12.4. The molecule has 1 N–H and O–H groups in total. The molecule has 0 bridgehead atoms. The number of rotatable bonds is 3. The zero-order chi connectivity index (χ0) is 21.3. The van der Waals surface area contributed by atoms with Crippen molar-refractivity contribution in [3.05, 3.63) is 17.6 Å². The molecule has 158 valence electrons. The molecule has 3 aromatic heterocycles. The first-order valence-electron chi connectivity index (χ1n) is 9.62. The van der Waals surface area contributed by atoms with Crippen molar-refractivity contribution < 1.29 is 18.0 Å². The molecule has 0 unspecified atom stereocenters. The maximum atomic E-state index is 12.4. The first kappa shape index (κ1) is 19.4. The van der Waals surface area contributed by atoms with Crippen molar-refractivity contribution in [2.75, 3.05) is 18.4 Å². The fourth-order valence-corrected chi connectivity index (χ4v) is 5.63. The Hall–Kier alpha value is -2.56. The van der Waals surface area contributed by atoms with Gasteiger partial charge in [-0.25, -0.2) is 9.97 Å². The number of nitrogens with one attached hydrogen (secondary N) is 1. The molecule has 1 aliphatic heterocycles. The number of carbonyl (C=O) groups excluding carboxylic acids is 1. The number of amides is 1. The average molecular weight is 436 g/mol. The van der Waals surface area contributed by atoms with E-state index in [0.29, 0.717) is 13.1 Å². The summed E-state index contributed by atoms with van der Waals surface area (Å²) in [5.41, 5.74) is 2.71. The van der Waals surface area contributed by atoms with Crippen molar-refractivity contribution in [1.29, 1.82) is 0 Å². The van der Waals surface area contributed by atoms with Gasteiger partial charge in [0.15, 0.2) is 0 Å². The Morgan fingerprint density at radius 1 is 1.27 bits per heavy atom. The van der Waals surface area contributed by atoms with Gasteiger partial charge in [-0.2, -0.15) is 18.3 Å². The van der Waals surface area contributed by atoms with Gasteiger partial charge in [-0.15, -0.1) is 16.4 Å². The fourth-order valence-electron chi connectivity index (χ4n) is 4.55. The first-order chi connectivity index (χ1) is 14.1. The van der Waals surface area contributed by atoms with Crippen LogP contribution in [0.1, 0.15) is 30.5 Å². The number of fused-ring (bicyclic) bond motifs is 3. The summed E-state index contributed by atoms with van der Waals surface area (Å²) in [6, 6.07) is 0.169. The van der Waals surface area contributed by atoms with Gasteiger partial charge >= 0.3 is 6.18 Å². The molecule has 2 fully saturated rings. The number of nitrogens with zero attached hydrogens (tertiary/aromatic N) is 5. The molecule has 5 rings (SSSR count). The third-order valence-electron chi connectivity index (χ3n) is 6.12. The Balaban J connectivity index is 1.28. The molecule has 30 heavy (non-hydrogen) atoms. The highest BCUT2D eigenvalue weighted by atomic mass is 32.1. The molecule has 2 aliphatic rings. The number of likely N-dealkylation sites (tertiary alicyclic amines) is 1. The highest BCUT2D eigenvalue weighted by Gasteiger charge is 2.54. The fraction of sp³-hybridized carbons (Fsp3) is 0.526. The number of hydrogen-bond donors (Lipinski definition) is 1. The van der Waals surface area contributed by atoms with Crippen molar-refractivity contribution in [1.82, 2.24) is 25.1 Å². The molecule has 1 saturated heterocycles. The Kier molecular flexibility index (Phi) is 4.18. The molecule has 0 aromatic carbocycles. The van der Waals surface area contributed by atoms with Crippen LogP contribution in [0.15, 0.2) is 6.33 Å². The van der Waals surface area contributed by atoms with Gasteiger partial charge in [0.1, 0.15) is 23.4 Å². The smallest absolute Gasteiger partial charge is 0.366 e. The number of aryl methyl sites for hydroxylation is 2. The van der Waals surface area contributed by atoms with Gasteiger partial charge in [-0.3, -0.25) is 4.79 Å². The summed E-state index contributed by atoms with van der Waals surface area (Å²) >= 11 is 1.50. The number of anilines is 1. The van der Waals surface area contributed by atoms with Gasteiger partial charge in [0, 0.05) is 29.9 Å². The number of carbonyl (C=O) groups is 1. The molecule has 1 amide bonds. The highest BCUT2D eigenvalue weighted by molar-refractivity contribution is 7.25. The predicted octanol–water partition coefficient (Wildman–Crippen LogP) is 3.61. The lowest BCUT2D eigenvalue weighted by molar-refractivity contribution is -0.174. The summed E-state index contributed by atoms with van der Waals surface area (Å²) in [5, 5.41) is 12.9. The Labute approximate surface area is 173 Å². The molecule has 7 nitrogen and oxygen atoms in total. The summed E-state index contributed by atoms with van der Waals surface area (Å²) in [6.07, 6.45) is -2.69. The van der Waals surface area contributed by atoms with Gasteiger partial charge < -0.3 is 10.2 Å². The summed E-state index contributed by atoms with van der Waals surface area (Å²) in [7, 11) is 0. The van der Waals surface area contributed by atoms with Crippen LogP contribution >= 0.6 is 11.3 Å². The molecule has 1 aliphatic carbocycles. The van der Waals surface area contributed by atoms with E-state index >= 15 is 0 Å². The average Bonchev–Trinajstić information content (AvgIpc) is 2.97. The summed E-state index contributed by atoms with van der Waals surface area (Å²) < 4.78 is 38.1. The Morgan fingerprint density at radius 2 is 2.00 bits per heavy atom. The second-order valence-corrected chi connectivity index (χ2v) is 9.38. The molecule has 11 heteroatoms. The number of halogens is 3. The molecule has 4 heterocycles. The van der Waals surface area contributed by atoms with Gasteiger partial charge in [0.25, 0.3) is 0 Å². The van der Waals surface area contributed by atoms with E-state index in [0.717, 1.165) is 50.4 Å². The third-order valence-corrected chi connectivity index (χ3v) is 7.19. The largest absolute Gasteiger partial charge is 0.397 e. The molecular formula is C19H19F3N6OS. The lowest BCUT2D eigenvalue weighted by atomic mass is 9.60. The van der Waals surface area contributed by atoms with E-state index in [1.54, 1.807) is 0 Å². The van der Waals surface area contributed by atoms with Crippen molar-refractivity contribution in [2.24, 2.45) is 5.41 Å². The summed E-state index contributed by atoms with van der Waals surface area (Å²) in [6.45, 7) is 4.72. The van der Waals surface area contributed by atoms with Crippen LogP contribution in [0.3, 0.4) is 0 Å². The molecule has 1 saturated carbocycles. The van der Waals surface area contributed by atoms with Crippen LogP contribution in [0, 0.1) is 19.3 Å². The van der Waals surface area contributed by atoms with Crippen molar-refractivity contribution >= 4 is 43.5 Å². The summed E-state index contributed by atoms with van der Waals surface area (Å²) in [5.74, 6) is -0.0941. The number of hydrogen-bond acceptors (Lipinski definition) is 7. The minimum absolute atomic E-state index is 0.0651. The molecule has 3 aromatic rings. The SMILES string of the molecule is Cc1nnc2sc3c(NC4CC5(C4)CN(C(=O)CC(F)(F)F)C5)ncnc3c2c1C. The van der Waals surface area contributed by atoms with Gasteiger partial charge in [-0.05, 0) is 32.3 Å². The van der Waals surface area contributed by atoms with E-state index in [1.807, 2.05) is 13.8 Å². The molecule has 1 spiro atoms. The van der Waals surface area contributed by atoms with Crippen LogP contribution in [0.5, 0.6) is 0 Å². The first-order valence-corrected chi connectivity index (χ1v) is 10.4. The highest BCUT2D eigenvalue weighted by Crippen LogP contribution is 2.50. The predicted molar refractivity (Wildman–Crippen MR) is 106 cm³/mol. The molecule has 0 atom stereocenters. The lowest BCUT2D eigenvalue weighted by Gasteiger charge is -2.59. The minimum atomic E-state index is -4.45. The number of thiophene rings is 1. The molecular weight excluding hydrogens is 417 g/mol. The van der Waals surface area contributed by atoms with Gasteiger partial charge in [0.2, 0.25) is 5.91 Å². The van der Waals surface area contributed by atoms with E-state index in [9.17, 15) is 18.0 Å². The van der Waals surface area contributed by atoms with Crippen molar-refractivity contribution in [3.63, 3.8) is 0 Å². The Morgan fingerprint density at radius 3 is 2.70 bits per heavy atom. The van der Waals surface area contributed by atoms with Crippen LogP contribution < -0.4 is 5.32 Å². The molecule has 0 radical (unpaired) electrons. The monoisotopic (exact) mass is 436 g/mol. The topological polar surface area (TPSA) is 83.9 Å². The normalized spacial score (nSPS) is 18.6. The van der Waals surface area contributed by atoms with Crippen LogP contribution in [-0.4, -0.2) is 56.3 Å². The van der Waals surface area contributed by atoms with E-state index in [1.165, 1.54) is 22.6 Å². The van der Waals surface area contributed by atoms with Crippen LogP contribution in [-0.2, 0) is 4.79 Å². The quantitative estimate of drug-likeness (QED) is 0.675. The van der Waals surface area contributed by atoms with E-state index < -0.39 is 18.5 Å². The minimum Gasteiger partial charge on any atom is -0.366 e. The van der Waals surface area contributed by atoms with Crippen LogP contribution in [0.2, 0.25) is 0 Å². The van der Waals surface area contributed by atoms with E-state index in [-0.39, 0.29) is 11.5 Å².